The van der Waals surface area contributed by atoms with Gasteiger partial charge in [-0.05, 0) is 36.8 Å². The second-order valence-electron chi connectivity index (χ2n) is 4.69. The Labute approximate surface area is 127 Å². The van der Waals surface area contributed by atoms with E-state index in [9.17, 15) is 14.7 Å². The lowest BCUT2D eigenvalue weighted by Gasteiger charge is -2.09. The number of rotatable bonds is 6. The molecule has 0 radical (unpaired) electrons. The number of esters is 1. The molecule has 1 aromatic heterocycles. The predicted octanol–water partition coefficient (Wildman–Crippen LogP) is 1.92. The summed E-state index contributed by atoms with van der Waals surface area (Å²) in [5.41, 5.74) is 1.50. The Morgan fingerprint density at radius 2 is 1.91 bits per heavy atom. The molecule has 1 amide bonds. The lowest BCUT2D eigenvalue weighted by molar-refractivity contribution is 0.0600. The van der Waals surface area contributed by atoms with Crippen molar-refractivity contribution in [1.29, 1.82) is 0 Å². The number of aliphatic hydroxyl groups is 1. The molecule has 1 atom stereocenters. The van der Waals surface area contributed by atoms with Crippen molar-refractivity contribution in [3.8, 4) is 0 Å². The first-order chi connectivity index (χ1) is 10.6. The lowest BCUT2D eigenvalue weighted by Crippen LogP contribution is -2.25. The first kappa shape index (κ1) is 15.8. The normalized spacial score (nSPS) is 11.7. The Hall–Kier alpha value is -2.60. The van der Waals surface area contributed by atoms with Crippen molar-refractivity contribution in [2.75, 3.05) is 13.7 Å². The van der Waals surface area contributed by atoms with Crippen molar-refractivity contribution in [1.82, 2.24) is 5.32 Å². The highest BCUT2D eigenvalue weighted by Crippen LogP contribution is 2.15. The van der Waals surface area contributed by atoms with Crippen LogP contribution in [0.5, 0.6) is 0 Å². The third-order valence-electron chi connectivity index (χ3n) is 3.20. The number of carbonyl (C=O) groups excluding carboxylic acids is 2. The van der Waals surface area contributed by atoms with Gasteiger partial charge in [0.25, 0.3) is 5.91 Å². The molecule has 22 heavy (non-hydrogen) atoms. The van der Waals surface area contributed by atoms with Crippen LogP contribution in [0.1, 0.15) is 38.8 Å². The van der Waals surface area contributed by atoms with Gasteiger partial charge in [0.1, 0.15) is 0 Å². The second kappa shape index (κ2) is 7.42. The van der Waals surface area contributed by atoms with Gasteiger partial charge in [-0.25, -0.2) is 4.79 Å². The van der Waals surface area contributed by atoms with E-state index in [1.165, 1.54) is 31.8 Å². The fraction of sp³-hybridized carbons (Fsp3) is 0.250. The fourth-order valence-corrected chi connectivity index (χ4v) is 1.93. The van der Waals surface area contributed by atoms with Crippen molar-refractivity contribution >= 4 is 11.9 Å². The maximum atomic E-state index is 11.9. The molecule has 0 spiro atoms. The van der Waals surface area contributed by atoms with Crippen molar-refractivity contribution in [2.24, 2.45) is 0 Å². The number of ether oxygens (including phenoxy) is 1. The first-order valence-electron chi connectivity index (χ1n) is 6.78. The van der Waals surface area contributed by atoms with Crippen LogP contribution in [0.4, 0.5) is 0 Å². The molecule has 2 rings (SSSR count). The van der Waals surface area contributed by atoms with Crippen LogP contribution in [0.3, 0.4) is 0 Å². The quantitative estimate of drug-likeness (QED) is 0.796. The molecule has 0 saturated heterocycles. The largest absolute Gasteiger partial charge is 0.472 e. The molecule has 0 saturated carbocycles. The van der Waals surface area contributed by atoms with Crippen LogP contribution in [-0.2, 0) is 4.74 Å². The zero-order chi connectivity index (χ0) is 15.9. The van der Waals surface area contributed by atoms with Gasteiger partial charge in [-0.3, -0.25) is 4.79 Å². The molecule has 116 valence electrons. The third kappa shape index (κ3) is 3.95. The SMILES string of the molecule is COC(=O)c1ccc(C(=O)NCC[C@H](O)c2ccoc2)cc1. The highest BCUT2D eigenvalue weighted by atomic mass is 16.5. The Kier molecular flexibility index (Phi) is 5.32. The summed E-state index contributed by atoms with van der Waals surface area (Å²) in [6.07, 6.45) is 2.66. The topological polar surface area (TPSA) is 88.8 Å². The van der Waals surface area contributed by atoms with Crippen molar-refractivity contribution in [3.63, 3.8) is 0 Å². The second-order valence-corrected chi connectivity index (χ2v) is 4.69. The van der Waals surface area contributed by atoms with Gasteiger partial charge >= 0.3 is 5.97 Å². The summed E-state index contributed by atoms with van der Waals surface area (Å²) in [7, 11) is 1.30. The smallest absolute Gasteiger partial charge is 0.337 e. The maximum Gasteiger partial charge on any atom is 0.337 e. The molecule has 6 heteroatoms. The summed E-state index contributed by atoms with van der Waals surface area (Å²) in [5.74, 6) is -0.717. The maximum absolute atomic E-state index is 11.9. The van der Waals surface area contributed by atoms with Crippen molar-refractivity contribution in [2.45, 2.75) is 12.5 Å². The minimum absolute atomic E-state index is 0.268. The molecule has 0 aliphatic carbocycles. The molecule has 2 N–H and O–H groups in total. The van der Waals surface area contributed by atoms with Gasteiger partial charge in [0.15, 0.2) is 0 Å². The highest BCUT2D eigenvalue weighted by molar-refractivity contribution is 5.96. The van der Waals surface area contributed by atoms with Gasteiger partial charge in [-0.15, -0.1) is 0 Å². The molecular weight excluding hydrogens is 286 g/mol. The van der Waals surface area contributed by atoms with E-state index in [4.69, 9.17) is 4.42 Å². The fourth-order valence-electron chi connectivity index (χ4n) is 1.93. The van der Waals surface area contributed by atoms with E-state index in [2.05, 4.69) is 10.1 Å². The molecule has 0 fully saturated rings. The Bertz CT molecular complexity index is 618. The van der Waals surface area contributed by atoms with Gasteiger partial charge in [0.05, 0.1) is 31.3 Å². The number of methoxy groups -OCH3 is 1. The summed E-state index contributed by atoms with van der Waals surface area (Å²) >= 11 is 0. The van der Waals surface area contributed by atoms with Gasteiger partial charge in [-0.2, -0.15) is 0 Å². The molecule has 1 heterocycles. The number of hydrogen-bond acceptors (Lipinski definition) is 5. The minimum atomic E-state index is -0.680. The average Bonchev–Trinajstić information content (AvgIpc) is 3.08. The van der Waals surface area contributed by atoms with E-state index in [1.54, 1.807) is 18.2 Å². The van der Waals surface area contributed by atoms with Gasteiger partial charge < -0.3 is 19.6 Å². The van der Waals surface area contributed by atoms with Crippen molar-refractivity contribution < 1.29 is 23.8 Å². The number of benzene rings is 1. The number of aliphatic hydroxyl groups excluding tert-OH is 1. The zero-order valence-corrected chi connectivity index (χ0v) is 12.1. The van der Waals surface area contributed by atoms with E-state index < -0.39 is 12.1 Å². The standard InChI is InChI=1S/C16H17NO5/c1-21-16(20)12-4-2-11(3-5-12)15(19)17-8-6-14(18)13-7-9-22-10-13/h2-5,7,9-10,14,18H,6,8H2,1H3,(H,17,19)/t14-/m0/s1. The summed E-state index contributed by atoms with van der Waals surface area (Å²) in [6, 6.07) is 7.84. The van der Waals surface area contributed by atoms with Crippen molar-refractivity contribution in [3.05, 3.63) is 59.5 Å². The van der Waals surface area contributed by atoms with E-state index in [0.717, 1.165) is 0 Å². The molecule has 0 bridgehead atoms. The number of carbonyl (C=O) groups is 2. The molecule has 6 nitrogen and oxygen atoms in total. The van der Waals surface area contributed by atoms with Crippen LogP contribution in [0.2, 0.25) is 0 Å². The molecule has 2 aromatic rings. The van der Waals surface area contributed by atoms with Crippen LogP contribution in [0.25, 0.3) is 0 Å². The monoisotopic (exact) mass is 303 g/mol. The van der Waals surface area contributed by atoms with Gasteiger partial charge in [0, 0.05) is 17.7 Å². The van der Waals surface area contributed by atoms with Crippen LogP contribution in [0.15, 0.2) is 47.3 Å². The Morgan fingerprint density at radius 1 is 1.23 bits per heavy atom. The summed E-state index contributed by atoms with van der Waals surface area (Å²) in [6.45, 7) is 0.323. The van der Waals surface area contributed by atoms with E-state index >= 15 is 0 Å². The van der Waals surface area contributed by atoms with Gasteiger partial charge in [0.2, 0.25) is 0 Å². The summed E-state index contributed by atoms with van der Waals surface area (Å²) in [5, 5.41) is 12.6. The highest BCUT2D eigenvalue weighted by Gasteiger charge is 2.11. The molecule has 1 aromatic carbocycles. The summed E-state index contributed by atoms with van der Waals surface area (Å²) in [4.78, 5) is 23.2. The average molecular weight is 303 g/mol. The number of nitrogens with one attached hydrogen (secondary N) is 1. The Morgan fingerprint density at radius 3 is 2.50 bits per heavy atom. The molecule has 0 unspecified atom stereocenters. The molecule has 0 aliphatic rings. The summed E-state index contributed by atoms with van der Waals surface area (Å²) < 4.78 is 9.48. The molecular formula is C16H17NO5. The predicted molar refractivity (Wildman–Crippen MR) is 78.4 cm³/mol. The van der Waals surface area contributed by atoms with E-state index in [0.29, 0.717) is 29.7 Å². The number of amides is 1. The van der Waals surface area contributed by atoms with Crippen LogP contribution < -0.4 is 5.32 Å². The number of furan rings is 1. The molecule has 0 aliphatic heterocycles. The van der Waals surface area contributed by atoms with Crippen LogP contribution in [0, 0.1) is 0 Å². The van der Waals surface area contributed by atoms with Gasteiger partial charge in [-0.1, -0.05) is 0 Å². The minimum Gasteiger partial charge on any atom is -0.472 e. The third-order valence-corrected chi connectivity index (χ3v) is 3.20. The lowest BCUT2D eigenvalue weighted by atomic mass is 10.1. The Balaban J connectivity index is 1.83. The van der Waals surface area contributed by atoms with E-state index in [-0.39, 0.29) is 5.91 Å². The van der Waals surface area contributed by atoms with E-state index in [1.807, 2.05) is 0 Å². The zero-order valence-electron chi connectivity index (χ0n) is 12.1. The number of hydrogen-bond donors (Lipinski definition) is 2. The first-order valence-corrected chi connectivity index (χ1v) is 6.78. The van der Waals surface area contributed by atoms with Crippen LogP contribution in [-0.4, -0.2) is 30.6 Å². The van der Waals surface area contributed by atoms with Crippen LogP contribution >= 0.6 is 0 Å².